The molecular formula is C55H105NO5. The molecule has 0 radical (unpaired) electrons. The number of unbranched alkanes of at least 4 members (excludes halogenated alkanes) is 34. The van der Waals surface area contributed by atoms with Crippen LogP contribution in [0.4, 0.5) is 0 Å². The molecule has 6 heteroatoms. The van der Waals surface area contributed by atoms with Gasteiger partial charge < -0.3 is 25.7 Å². The first-order valence-electron chi connectivity index (χ1n) is 26.9. The lowest BCUT2D eigenvalue weighted by Gasteiger charge is -2.27. The predicted molar refractivity (Wildman–Crippen MR) is 265 cm³/mol. The van der Waals surface area contributed by atoms with Crippen LogP contribution in [0.5, 0.6) is 0 Å². The summed E-state index contributed by atoms with van der Waals surface area (Å²) in [7, 11) is 0. The Morgan fingerprint density at radius 2 is 0.689 bits per heavy atom. The monoisotopic (exact) mass is 860 g/mol. The average molecular weight is 860 g/mol. The van der Waals surface area contributed by atoms with Gasteiger partial charge in [-0.05, 0) is 64.2 Å². The molecule has 0 aliphatic carbocycles. The van der Waals surface area contributed by atoms with E-state index in [1.807, 2.05) is 0 Å². The SMILES string of the molecule is CCCCCCCCCCCCCC/C=C/CC/C=C/CC/C=C/CCCC(O)C(O)C(CO)NC(=O)C(O)CCCCCCCCCCCCCCCCCCCCCC. The summed E-state index contributed by atoms with van der Waals surface area (Å²) in [4.78, 5) is 12.6. The van der Waals surface area contributed by atoms with Gasteiger partial charge in [0.1, 0.15) is 12.2 Å². The second kappa shape index (κ2) is 49.5. The van der Waals surface area contributed by atoms with Crippen LogP contribution in [0.2, 0.25) is 0 Å². The maximum Gasteiger partial charge on any atom is 0.249 e. The number of amides is 1. The first-order valence-corrected chi connectivity index (χ1v) is 26.9. The zero-order valence-corrected chi connectivity index (χ0v) is 40.7. The van der Waals surface area contributed by atoms with Crippen LogP contribution in [-0.4, -0.2) is 57.3 Å². The third kappa shape index (κ3) is 43.6. The quantitative estimate of drug-likeness (QED) is 0.0309. The van der Waals surface area contributed by atoms with Crippen molar-refractivity contribution in [3.63, 3.8) is 0 Å². The summed E-state index contributed by atoms with van der Waals surface area (Å²) in [5, 5.41) is 43.9. The van der Waals surface area contributed by atoms with Crippen LogP contribution in [0.1, 0.15) is 277 Å². The number of allylic oxidation sites excluding steroid dienone is 6. The number of hydrogen-bond donors (Lipinski definition) is 5. The van der Waals surface area contributed by atoms with Crippen molar-refractivity contribution in [2.75, 3.05) is 6.61 Å². The number of rotatable bonds is 49. The van der Waals surface area contributed by atoms with Crippen LogP contribution >= 0.6 is 0 Å². The number of nitrogens with one attached hydrogen (secondary N) is 1. The van der Waals surface area contributed by atoms with E-state index in [0.29, 0.717) is 19.3 Å². The van der Waals surface area contributed by atoms with Gasteiger partial charge in [0.2, 0.25) is 5.91 Å². The molecule has 4 atom stereocenters. The van der Waals surface area contributed by atoms with Gasteiger partial charge in [0.25, 0.3) is 0 Å². The van der Waals surface area contributed by atoms with E-state index < -0.39 is 36.9 Å². The Labute approximate surface area is 379 Å². The molecule has 0 aliphatic rings. The Balaban J connectivity index is 3.73. The van der Waals surface area contributed by atoms with Crippen molar-refractivity contribution in [2.45, 2.75) is 301 Å². The molecule has 0 rings (SSSR count). The number of hydrogen-bond acceptors (Lipinski definition) is 5. The zero-order valence-electron chi connectivity index (χ0n) is 40.7. The molecule has 6 nitrogen and oxygen atoms in total. The summed E-state index contributed by atoms with van der Waals surface area (Å²) < 4.78 is 0. The highest BCUT2D eigenvalue weighted by atomic mass is 16.3. The van der Waals surface area contributed by atoms with Crippen LogP contribution < -0.4 is 5.32 Å². The highest BCUT2D eigenvalue weighted by molar-refractivity contribution is 5.80. The van der Waals surface area contributed by atoms with Crippen molar-refractivity contribution >= 4 is 5.91 Å². The maximum absolute atomic E-state index is 12.6. The van der Waals surface area contributed by atoms with E-state index in [1.54, 1.807) is 0 Å². The molecule has 360 valence electrons. The number of aliphatic hydroxyl groups excluding tert-OH is 4. The highest BCUT2D eigenvalue weighted by Crippen LogP contribution is 2.17. The molecular weight excluding hydrogens is 755 g/mol. The van der Waals surface area contributed by atoms with E-state index in [2.05, 4.69) is 55.6 Å². The summed E-state index contributed by atoms with van der Waals surface area (Å²) in [5.41, 5.74) is 0. The first-order chi connectivity index (χ1) is 30.0. The summed E-state index contributed by atoms with van der Waals surface area (Å²) >= 11 is 0. The first kappa shape index (κ1) is 59.5. The van der Waals surface area contributed by atoms with Crippen molar-refractivity contribution in [1.82, 2.24) is 5.32 Å². The van der Waals surface area contributed by atoms with E-state index in [1.165, 1.54) is 193 Å². The lowest BCUT2D eigenvalue weighted by Crippen LogP contribution is -2.53. The predicted octanol–water partition coefficient (Wildman–Crippen LogP) is 15.2. The molecule has 0 aromatic heterocycles. The van der Waals surface area contributed by atoms with Crippen LogP contribution in [0, 0.1) is 0 Å². The normalized spacial score (nSPS) is 14.1. The largest absolute Gasteiger partial charge is 0.394 e. The molecule has 0 aromatic carbocycles. The molecule has 0 spiro atoms. The van der Waals surface area contributed by atoms with Gasteiger partial charge >= 0.3 is 0 Å². The topological polar surface area (TPSA) is 110 Å². The smallest absolute Gasteiger partial charge is 0.249 e. The third-order valence-corrected chi connectivity index (χ3v) is 12.6. The molecule has 4 unspecified atom stereocenters. The summed E-state index contributed by atoms with van der Waals surface area (Å²) in [6.07, 6.45) is 60.6. The fourth-order valence-electron chi connectivity index (χ4n) is 8.32. The molecule has 5 N–H and O–H groups in total. The van der Waals surface area contributed by atoms with E-state index in [-0.39, 0.29) is 0 Å². The Morgan fingerprint density at radius 3 is 1.03 bits per heavy atom. The van der Waals surface area contributed by atoms with E-state index in [4.69, 9.17) is 0 Å². The average Bonchev–Trinajstić information content (AvgIpc) is 3.26. The molecule has 0 saturated carbocycles. The van der Waals surface area contributed by atoms with E-state index in [0.717, 1.165) is 51.4 Å². The van der Waals surface area contributed by atoms with Crippen molar-refractivity contribution in [3.8, 4) is 0 Å². The maximum atomic E-state index is 12.6. The second-order valence-electron chi connectivity index (χ2n) is 18.6. The Hall–Kier alpha value is -1.47. The Morgan fingerprint density at radius 1 is 0.393 bits per heavy atom. The molecule has 61 heavy (non-hydrogen) atoms. The van der Waals surface area contributed by atoms with Crippen molar-refractivity contribution in [2.24, 2.45) is 0 Å². The summed E-state index contributed by atoms with van der Waals surface area (Å²) in [6, 6.07) is -1.01. The zero-order chi connectivity index (χ0) is 44.5. The van der Waals surface area contributed by atoms with Gasteiger partial charge in [-0.1, -0.05) is 249 Å². The van der Waals surface area contributed by atoms with Crippen molar-refractivity contribution in [3.05, 3.63) is 36.5 Å². The molecule has 1 amide bonds. The number of carbonyl (C=O) groups excluding carboxylic acids is 1. The lowest BCUT2D eigenvalue weighted by atomic mass is 10.00. The van der Waals surface area contributed by atoms with Crippen LogP contribution in [0.15, 0.2) is 36.5 Å². The third-order valence-electron chi connectivity index (χ3n) is 12.6. The molecule has 0 aromatic rings. The van der Waals surface area contributed by atoms with E-state index in [9.17, 15) is 25.2 Å². The fourth-order valence-corrected chi connectivity index (χ4v) is 8.32. The molecule has 0 aliphatic heterocycles. The van der Waals surface area contributed by atoms with Gasteiger partial charge in [-0.25, -0.2) is 0 Å². The van der Waals surface area contributed by atoms with Gasteiger partial charge in [-0.3, -0.25) is 4.79 Å². The highest BCUT2D eigenvalue weighted by Gasteiger charge is 2.28. The Bertz CT molecular complexity index is 966. The Kier molecular flexibility index (Phi) is 48.3. The van der Waals surface area contributed by atoms with Crippen LogP contribution in [-0.2, 0) is 4.79 Å². The standard InChI is InChI=1S/C55H105NO5/c1-3-5-7-9-11-13-15-17-19-21-23-25-26-27-28-29-31-32-34-36-38-40-42-44-46-48-52(58)54(60)51(50-57)56-55(61)53(59)49-47-45-43-41-39-37-35-33-30-24-22-20-18-16-14-12-10-8-6-4-2/h27-28,32,34,40,42,51-54,57-60H,3-26,29-31,33,35-39,41,43-50H2,1-2H3,(H,56,61)/b28-27+,34-32+,42-40+. The minimum atomic E-state index is -1.29. The number of aliphatic hydroxyl groups is 4. The van der Waals surface area contributed by atoms with Gasteiger partial charge in [0.15, 0.2) is 0 Å². The molecule has 0 bridgehead atoms. The van der Waals surface area contributed by atoms with Crippen molar-refractivity contribution in [1.29, 1.82) is 0 Å². The number of carbonyl (C=O) groups is 1. The molecule has 0 fully saturated rings. The minimum Gasteiger partial charge on any atom is -0.394 e. The van der Waals surface area contributed by atoms with Crippen LogP contribution in [0.25, 0.3) is 0 Å². The van der Waals surface area contributed by atoms with Gasteiger partial charge in [0, 0.05) is 0 Å². The van der Waals surface area contributed by atoms with Gasteiger partial charge in [0.05, 0.1) is 18.8 Å². The van der Waals surface area contributed by atoms with Crippen molar-refractivity contribution < 1.29 is 25.2 Å². The second-order valence-corrected chi connectivity index (χ2v) is 18.6. The molecule has 0 saturated heterocycles. The van der Waals surface area contributed by atoms with E-state index >= 15 is 0 Å². The minimum absolute atomic E-state index is 0.362. The summed E-state index contributed by atoms with van der Waals surface area (Å²) in [6.45, 7) is 4.06. The van der Waals surface area contributed by atoms with Crippen LogP contribution in [0.3, 0.4) is 0 Å². The lowest BCUT2D eigenvalue weighted by molar-refractivity contribution is -0.132. The van der Waals surface area contributed by atoms with Gasteiger partial charge in [-0.2, -0.15) is 0 Å². The molecule has 0 heterocycles. The summed E-state index contributed by atoms with van der Waals surface area (Å²) in [5.74, 6) is -0.596. The fraction of sp³-hybridized carbons (Fsp3) is 0.873. The van der Waals surface area contributed by atoms with Gasteiger partial charge in [-0.15, -0.1) is 0 Å².